The van der Waals surface area contributed by atoms with Gasteiger partial charge in [0.25, 0.3) is 0 Å². The Hall–Kier alpha value is -2.93. The highest BCUT2D eigenvalue weighted by Crippen LogP contribution is 2.31. The second-order valence-corrected chi connectivity index (χ2v) is 10.2. The third-order valence-corrected chi connectivity index (χ3v) is 7.06. The van der Waals surface area contributed by atoms with Gasteiger partial charge in [-0.15, -0.1) is 10.2 Å². The van der Waals surface area contributed by atoms with E-state index in [1.54, 1.807) is 4.68 Å². The fraction of sp³-hybridized carbons (Fsp3) is 0.500. The Bertz CT molecular complexity index is 1210. The molecule has 190 valence electrons. The van der Waals surface area contributed by atoms with Crippen molar-refractivity contribution >= 4 is 28.1 Å². The molecule has 4 heterocycles. The summed E-state index contributed by atoms with van der Waals surface area (Å²) < 4.78 is 55.7. The zero-order valence-electron chi connectivity index (χ0n) is 19.8. The van der Waals surface area contributed by atoms with Crippen LogP contribution in [0.4, 0.5) is 13.2 Å². The van der Waals surface area contributed by atoms with Gasteiger partial charge in [0.15, 0.2) is 12.1 Å². The zero-order valence-corrected chi connectivity index (χ0v) is 20.6. The van der Waals surface area contributed by atoms with Crippen LogP contribution in [0.25, 0.3) is 22.3 Å². The molecule has 4 rings (SSSR count). The van der Waals surface area contributed by atoms with Crippen molar-refractivity contribution in [1.82, 2.24) is 30.3 Å². The molecule has 0 spiro atoms. The average molecular weight is 513 g/mol. The fourth-order valence-electron chi connectivity index (χ4n) is 3.49. The molecule has 9 nitrogen and oxygen atoms in total. The van der Waals surface area contributed by atoms with Crippen molar-refractivity contribution < 1.29 is 26.9 Å². The summed E-state index contributed by atoms with van der Waals surface area (Å²) in [5.41, 5.74) is 1.03. The van der Waals surface area contributed by atoms with Gasteiger partial charge in [-0.25, -0.2) is 9.37 Å². The smallest absolute Gasteiger partial charge is 0.388 e. The molecule has 0 bridgehead atoms. The molecule has 1 aliphatic heterocycles. The first-order valence-electron chi connectivity index (χ1n) is 10.9. The van der Waals surface area contributed by atoms with Crippen molar-refractivity contribution in [2.75, 3.05) is 18.6 Å². The van der Waals surface area contributed by atoms with Gasteiger partial charge in [-0.05, 0) is 46.7 Å². The Morgan fingerprint density at radius 2 is 1.91 bits per heavy atom. The molecule has 13 heteroatoms. The van der Waals surface area contributed by atoms with Gasteiger partial charge >= 0.3 is 6.61 Å². The summed E-state index contributed by atoms with van der Waals surface area (Å²) in [6, 6.07) is 2.37. The van der Waals surface area contributed by atoms with Crippen molar-refractivity contribution in [3.63, 3.8) is 0 Å². The highest BCUT2D eigenvalue weighted by Gasteiger charge is 2.27. The van der Waals surface area contributed by atoms with E-state index < -0.39 is 29.1 Å². The van der Waals surface area contributed by atoms with E-state index in [1.807, 2.05) is 20.9 Å². The molecule has 1 saturated heterocycles. The van der Waals surface area contributed by atoms with Gasteiger partial charge < -0.3 is 10.1 Å². The molecule has 0 aliphatic carbocycles. The van der Waals surface area contributed by atoms with Crippen LogP contribution >= 0.6 is 0 Å². The summed E-state index contributed by atoms with van der Waals surface area (Å²) in [6.07, 6.45) is 3.40. The molecule has 0 saturated carbocycles. The highest BCUT2D eigenvalue weighted by molar-refractivity contribution is 7.85. The minimum Gasteiger partial charge on any atom is -0.417 e. The van der Waals surface area contributed by atoms with Gasteiger partial charge in [0.1, 0.15) is 16.9 Å². The van der Waals surface area contributed by atoms with E-state index >= 15 is 0 Å². The number of nitrogens with zero attached hydrogens (tertiary/aromatic N) is 5. The first kappa shape index (κ1) is 26.7. The molecule has 1 fully saturated rings. The third kappa shape index (κ3) is 6.40. The third-order valence-electron chi connectivity index (χ3n) is 5.74. The first-order chi connectivity index (χ1) is 16.6. The lowest BCUT2D eigenvalue weighted by atomic mass is 9.95. The Balaban J connectivity index is 0.000000287. The van der Waals surface area contributed by atoms with E-state index in [2.05, 4.69) is 37.3 Å². The van der Waals surface area contributed by atoms with Gasteiger partial charge in [-0.3, -0.25) is 13.7 Å². The van der Waals surface area contributed by atoms with Crippen molar-refractivity contribution in [2.24, 2.45) is 0 Å². The minimum absolute atomic E-state index is 0.0904. The number of fused-ring (bicyclic) bond motifs is 1. The number of halogens is 3. The van der Waals surface area contributed by atoms with Crippen LogP contribution in [0.5, 0.6) is 5.88 Å². The number of nitrogens with one attached hydrogen (secondary N) is 1. The van der Waals surface area contributed by atoms with E-state index in [-0.39, 0.29) is 34.0 Å². The molecule has 0 atom stereocenters. The predicted octanol–water partition coefficient (Wildman–Crippen LogP) is 3.53. The zero-order chi connectivity index (χ0) is 25.8. The average Bonchev–Trinajstić information content (AvgIpc) is 3.21. The van der Waals surface area contributed by atoms with E-state index in [0.29, 0.717) is 11.8 Å². The number of hydrogen-bond acceptors (Lipinski definition) is 8. The van der Waals surface area contributed by atoms with Crippen molar-refractivity contribution in [3.05, 3.63) is 29.8 Å². The van der Waals surface area contributed by atoms with Crippen LogP contribution in [0.3, 0.4) is 0 Å². The molecule has 1 aliphatic rings. The number of carbonyl (C=O) groups excluding carboxylic acids is 1. The van der Waals surface area contributed by atoms with E-state index in [4.69, 9.17) is 0 Å². The van der Waals surface area contributed by atoms with E-state index in [0.717, 1.165) is 36.6 Å². The lowest BCUT2D eigenvalue weighted by Crippen LogP contribution is -2.45. The maximum Gasteiger partial charge on any atom is 0.388 e. The quantitative estimate of drug-likeness (QED) is 0.500. The summed E-state index contributed by atoms with van der Waals surface area (Å²) in [6.45, 7) is 2.78. The van der Waals surface area contributed by atoms with Crippen LogP contribution in [0.1, 0.15) is 50.1 Å². The van der Waals surface area contributed by atoms with Crippen molar-refractivity contribution in [1.29, 1.82) is 0 Å². The van der Waals surface area contributed by atoms with Gasteiger partial charge in [0.05, 0.1) is 11.7 Å². The second kappa shape index (κ2) is 11.2. The highest BCUT2D eigenvalue weighted by atomic mass is 32.2. The summed E-state index contributed by atoms with van der Waals surface area (Å²) >= 11 is 0. The number of carbonyl (C=O) groups is 1. The Kier molecular flexibility index (Phi) is 8.54. The van der Waals surface area contributed by atoms with Crippen LogP contribution in [-0.2, 0) is 10.8 Å². The van der Waals surface area contributed by atoms with Gasteiger partial charge in [0, 0.05) is 45.5 Å². The number of pyridine rings is 1. The molecule has 0 aromatic carbocycles. The van der Waals surface area contributed by atoms with Gasteiger partial charge in [0.2, 0.25) is 5.88 Å². The Morgan fingerprint density at radius 1 is 1.23 bits per heavy atom. The number of rotatable bonds is 6. The molecular formula is C22H27F3N6O3S. The Labute approximate surface area is 202 Å². The number of aldehydes is 1. The van der Waals surface area contributed by atoms with Crippen molar-refractivity contribution in [3.8, 4) is 17.1 Å². The number of alkyl halides is 2. The molecule has 3 aromatic rings. The monoisotopic (exact) mass is 512 g/mol. The van der Waals surface area contributed by atoms with Crippen molar-refractivity contribution in [2.45, 2.75) is 51.8 Å². The molecule has 0 amide bonds. The Morgan fingerprint density at radius 3 is 2.49 bits per heavy atom. The van der Waals surface area contributed by atoms with Crippen LogP contribution in [-0.4, -0.2) is 66.2 Å². The molecule has 1 N–H and O–H groups in total. The normalized spacial score (nSPS) is 20.1. The first-order valence-corrected chi connectivity index (χ1v) is 12.4. The molecular weight excluding hydrogens is 485 g/mol. The van der Waals surface area contributed by atoms with E-state index in [9.17, 15) is 22.2 Å². The lowest BCUT2D eigenvalue weighted by molar-refractivity contribution is -0.0528. The molecule has 35 heavy (non-hydrogen) atoms. The van der Waals surface area contributed by atoms with Gasteiger partial charge in [-0.1, -0.05) is 0 Å². The molecule has 0 radical (unpaired) electrons. The fourth-order valence-corrected chi connectivity index (χ4v) is 5.05. The SMILES string of the molecule is CC(C)n1nc(-c2cc(OC(F)F)ncc2F)c2nnc(C=O)cc21.CNC1(C)CCS(=O)CC1. The largest absolute Gasteiger partial charge is 0.417 e. The molecule has 0 unspecified atom stereocenters. The van der Waals surface area contributed by atoms with Crippen LogP contribution in [0.15, 0.2) is 18.3 Å². The standard InChI is InChI=1S/C15H12F3N5O2.C7H15NOS/c1-7(2)23-11-3-8(6-24)20-21-14(11)13(22-23)9-4-12(25-15(17)18)19-5-10(9)16;1-7(8-2)3-5-10(9)6-4-7/h3-7,15H,1-2H3;8H,3-6H2,1-2H3. The van der Waals surface area contributed by atoms with E-state index in [1.165, 1.54) is 6.07 Å². The molecule has 3 aromatic heterocycles. The summed E-state index contributed by atoms with van der Waals surface area (Å²) in [5, 5.41) is 15.2. The summed E-state index contributed by atoms with van der Waals surface area (Å²) in [7, 11) is 1.45. The minimum atomic E-state index is -3.09. The van der Waals surface area contributed by atoms with Crippen LogP contribution in [0, 0.1) is 5.82 Å². The number of aromatic nitrogens is 5. The topological polar surface area (TPSA) is 112 Å². The number of ether oxygens (including phenoxy) is 1. The predicted molar refractivity (Wildman–Crippen MR) is 125 cm³/mol. The lowest BCUT2D eigenvalue weighted by Gasteiger charge is -2.32. The second-order valence-electron chi connectivity index (χ2n) is 8.55. The van der Waals surface area contributed by atoms with Crippen LogP contribution < -0.4 is 10.1 Å². The van der Waals surface area contributed by atoms with Gasteiger partial charge in [-0.2, -0.15) is 13.9 Å². The number of hydrogen-bond donors (Lipinski definition) is 1. The van der Waals surface area contributed by atoms with Crippen LogP contribution in [0.2, 0.25) is 0 Å². The maximum absolute atomic E-state index is 14.2. The summed E-state index contributed by atoms with van der Waals surface area (Å²) in [5.74, 6) is 0.517. The maximum atomic E-state index is 14.2. The summed E-state index contributed by atoms with van der Waals surface area (Å²) in [4.78, 5) is 14.4.